The Morgan fingerprint density at radius 2 is 1.66 bits per heavy atom. The van der Waals surface area contributed by atoms with Gasteiger partial charge in [0.25, 0.3) is 0 Å². The van der Waals surface area contributed by atoms with Crippen LogP contribution in [-0.2, 0) is 14.4 Å². The maximum atomic E-state index is 12.1. The first-order valence-electron chi connectivity index (χ1n) is 9.86. The van der Waals surface area contributed by atoms with E-state index in [0.29, 0.717) is 0 Å². The first-order valence-corrected chi connectivity index (χ1v) is 10.3. The van der Waals surface area contributed by atoms with Crippen molar-refractivity contribution in [2.75, 3.05) is 12.4 Å². The highest BCUT2D eigenvalue weighted by Gasteiger charge is 2.09. The van der Waals surface area contributed by atoms with Gasteiger partial charge in [-0.3, -0.25) is 30.6 Å². The first kappa shape index (κ1) is 24.5. The molecule has 168 valence electrons. The van der Waals surface area contributed by atoms with Gasteiger partial charge in [0, 0.05) is 24.6 Å². The number of amides is 3. The summed E-state index contributed by atoms with van der Waals surface area (Å²) in [5.41, 5.74) is 8.29. The molecule has 2 aromatic carbocycles. The average molecular weight is 455 g/mol. The number of nitrogens with one attached hydrogen (secondary N) is 4. The lowest BCUT2D eigenvalue weighted by atomic mass is 10.1. The van der Waals surface area contributed by atoms with E-state index < -0.39 is 11.8 Å². The van der Waals surface area contributed by atoms with Gasteiger partial charge in [-0.2, -0.15) is 0 Å². The predicted octanol–water partition coefficient (Wildman–Crippen LogP) is 2.77. The highest BCUT2D eigenvalue weighted by atomic mass is 32.1. The molecule has 0 spiro atoms. The molecule has 0 saturated carbocycles. The lowest BCUT2D eigenvalue weighted by molar-refractivity contribution is -0.124. The smallest absolute Gasteiger partial charge is 0.250 e. The Morgan fingerprint density at radius 3 is 2.34 bits per heavy atom. The summed E-state index contributed by atoms with van der Waals surface area (Å²) in [6, 6.07) is 12.9. The van der Waals surface area contributed by atoms with E-state index in [1.54, 1.807) is 37.5 Å². The summed E-state index contributed by atoms with van der Waals surface area (Å²) in [7, 11) is 1.58. The topological polar surface area (TPSA) is 109 Å². The number of aryl methyl sites for hydroxylation is 2. The number of carbonyl (C=O) groups is 3. The van der Waals surface area contributed by atoms with Gasteiger partial charge < -0.3 is 10.1 Å². The zero-order chi connectivity index (χ0) is 23.5. The van der Waals surface area contributed by atoms with Gasteiger partial charge in [-0.15, -0.1) is 0 Å². The van der Waals surface area contributed by atoms with Gasteiger partial charge in [0.2, 0.25) is 17.7 Å². The SMILES string of the molecule is COc1ccc(/C=C/C(=O)NC(=S)NNC(=O)CCC(=O)Nc2cc(C)ccc2C)cc1. The van der Waals surface area contributed by atoms with Gasteiger partial charge in [-0.1, -0.05) is 24.3 Å². The molecule has 0 unspecified atom stereocenters. The van der Waals surface area contributed by atoms with Gasteiger partial charge >= 0.3 is 0 Å². The minimum atomic E-state index is -0.458. The summed E-state index contributed by atoms with van der Waals surface area (Å²) < 4.78 is 5.07. The average Bonchev–Trinajstić information content (AvgIpc) is 2.77. The lowest BCUT2D eigenvalue weighted by Crippen LogP contribution is -2.48. The second-order valence-corrected chi connectivity index (χ2v) is 7.37. The van der Waals surface area contributed by atoms with Crippen molar-refractivity contribution >= 4 is 46.8 Å². The van der Waals surface area contributed by atoms with Crippen LogP contribution in [0.25, 0.3) is 6.08 Å². The third-order valence-electron chi connectivity index (χ3n) is 4.34. The Kier molecular flexibility index (Phi) is 9.37. The number of carbonyl (C=O) groups excluding carboxylic acids is 3. The van der Waals surface area contributed by atoms with Crippen molar-refractivity contribution in [2.24, 2.45) is 0 Å². The molecule has 0 bridgehead atoms. The molecular formula is C23H26N4O4S. The summed E-state index contributed by atoms with van der Waals surface area (Å²) in [5.74, 6) is -0.448. The van der Waals surface area contributed by atoms with E-state index in [1.165, 1.54) is 6.08 Å². The lowest BCUT2D eigenvalue weighted by Gasteiger charge is -2.11. The predicted molar refractivity (Wildman–Crippen MR) is 128 cm³/mol. The third kappa shape index (κ3) is 8.57. The van der Waals surface area contributed by atoms with Gasteiger partial charge in [0.1, 0.15) is 5.75 Å². The number of hydrogen-bond acceptors (Lipinski definition) is 5. The maximum absolute atomic E-state index is 12.1. The summed E-state index contributed by atoms with van der Waals surface area (Å²) >= 11 is 4.97. The van der Waals surface area contributed by atoms with E-state index in [4.69, 9.17) is 17.0 Å². The molecular weight excluding hydrogens is 428 g/mol. The van der Waals surface area contributed by atoms with Gasteiger partial charge in [0.05, 0.1) is 7.11 Å². The van der Waals surface area contributed by atoms with Crippen molar-refractivity contribution in [3.8, 4) is 5.75 Å². The largest absolute Gasteiger partial charge is 0.497 e. The standard InChI is InChI=1S/C23H26N4O4S/c1-15-4-5-16(2)19(14-15)24-20(28)12-13-22(30)26-27-23(32)25-21(29)11-8-17-6-9-18(31-3)10-7-17/h4-11,14H,12-13H2,1-3H3,(H,24,28)(H,26,30)(H2,25,27,29,32)/b11-8+. The van der Waals surface area contributed by atoms with Gasteiger partial charge in [-0.25, -0.2) is 0 Å². The molecule has 0 aliphatic carbocycles. The summed E-state index contributed by atoms with van der Waals surface area (Å²) in [5, 5.41) is 5.14. The number of rotatable bonds is 7. The molecule has 0 aliphatic heterocycles. The van der Waals surface area contributed by atoms with Gasteiger partial charge in [-0.05, 0) is 67.0 Å². The number of thiocarbonyl (C=S) groups is 1. The molecule has 0 fully saturated rings. The normalized spacial score (nSPS) is 10.3. The van der Waals surface area contributed by atoms with Crippen LogP contribution in [0.1, 0.15) is 29.5 Å². The van der Waals surface area contributed by atoms with E-state index in [1.807, 2.05) is 32.0 Å². The molecule has 2 rings (SSSR count). The highest BCUT2D eigenvalue weighted by Crippen LogP contribution is 2.16. The highest BCUT2D eigenvalue weighted by molar-refractivity contribution is 7.80. The number of benzene rings is 2. The molecule has 2 aromatic rings. The van der Waals surface area contributed by atoms with E-state index in [9.17, 15) is 14.4 Å². The number of ether oxygens (including phenoxy) is 1. The Morgan fingerprint density at radius 1 is 0.969 bits per heavy atom. The number of hydrogen-bond donors (Lipinski definition) is 4. The first-order chi connectivity index (χ1) is 15.3. The molecule has 32 heavy (non-hydrogen) atoms. The molecule has 0 heterocycles. The van der Waals surface area contributed by atoms with Crippen LogP contribution in [0, 0.1) is 13.8 Å². The van der Waals surface area contributed by atoms with Crippen LogP contribution in [0.3, 0.4) is 0 Å². The van der Waals surface area contributed by atoms with Crippen molar-refractivity contribution in [1.82, 2.24) is 16.2 Å². The second-order valence-electron chi connectivity index (χ2n) is 6.96. The van der Waals surface area contributed by atoms with Crippen LogP contribution < -0.4 is 26.2 Å². The fourth-order valence-corrected chi connectivity index (χ4v) is 2.72. The molecule has 0 aromatic heterocycles. The Labute approximate surface area is 192 Å². The minimum Gasteiger partial charge on any atom is -0.497 e. The minimum absolute atomic E-state index is 0.00458. The Hall–Kier alpha value is -3.72. The van der Waals surface area contributed by atoms with Crippen molar-refractivity contribution in [1.29, 1.82) is 0 Å². The van der Waals surface area contributed by atoms with Crippen molar-refractivity contribution < 1.29 is 19.1 Å². The van der Waals surface area contributed by atoms with Crippen LogP contribution in [0.2, 0.25) is 0 Å². The fraction of sp³-hybridized carbons (Fsp3) is 0.217. The second kappa shape index (κ2) is 12.2. The van der Waals surface area contributed by atoms with E-state index in [2.05, 4.69) is 21.5 Å². The zero-order valence-electron chi connectivity index (χ0n) is 18.2. The third-order valence-corrected chi connectivity index (χ3v) is 4.55. The van der Waals surface area contributed by atoms with E-state index in [0.717, 1.165) is 28.1 Å². The van der Waals surface area contributed by atoms with Crippen LogP contribution in [0.4, 0.5) is 5.69 Å². The van der Waals surface area contributed by atoms with Crippen LogP contribution >= 0.6 is 12.2 Å². The quantitative estimate of drug-likeness (QED) is 0.291. The number of methoxy groups -OCH3 is 1. The van der Waals surface area contributed by atoms with Gasteiger partial charge in [0.15, 0.2) is 5.11 Å². The molecule has 3 amide bonds. The van der Waals surface area contributed by atoms with Crippen LogP contribution in [0.15, 0.2) is 48.5 Å². The summed E-state index contributed by atoms with van der Waals surface area (Å²) in [4.78, 5) is 35.9. The molecule has 0 atom stereocenters. The van der Waals surface area contributed by atoms with Crippen molar-refractivity contribution in [2.45, 2.75) is 26.7 Å². The van der Waals surface area contributed by atoms with Crippen LogP contribution in [-0.4, -0.2) is 29.9 Å². The molecule has 9 heteroatoms. The summed E-state index contributed by atoms with van der Waals surface area (Å²) in [6.45, 7) is 3.83. The molecule has 0 saturated heterocycles. The maximum Gasteiger partial charge on any atom is 0.250 e. The van der Waals surface area contributed by atoms with E-state index >= 15 is 0 Å². The Balaban J connectivity index is 1.68. The van der Waals surface area contributed by atoms with Crippen molar-refractivity contribution in [3.05, 3.63) is 65.2 Å². The molecule has 0 aliphatic rings. The number of hydrazine groups is 1. The summed E-state index contributed by atoms with van der Waals surface area (Å²) in [6.07, 6.45) is 2.89. The van der Waals surface area contributed by atoms with E-state index in [-0.39, 0.29) is 23.9 Å². The fourth-order valence-electron chi connectivity index (χ4n) is 2.57. The zero-order valence-corrected chi connectivity index (χ0v) is 19.0. The molecule has 0 radical (unpaired) electrons. The monoisotopic (exact) mass is 454 g/mol. The number of anilines is 1. The van der Waals surface area contributed by atoms with Crippen molar-refractivity contribution in [3.63, 3.8) is 0 Å². The van der Waals surface area contributed by atoms with Crippen LogP contribution in [0.5, 0.6) is 5.75 Å². The molecule has 8 nitrogen and oxygen atoms in total. The Bertz CT molecular complexity index is 1020. The molecule has 4 N–H and O–H groups in total.